The normalized spacial score (nSPS) is 10.6. The van der Waals surface area contributed by atoms with E-state index in [1.54, 1.807) is 14.2 Å². The largest absolute Gasteiger partial charge is 0.497 e. The van der Waals surface area contributed by atoms with E-state index in [2.05, 4.69) is 0 Å². The Kier molecular flexibility index (Phi) is 2.88. The van der Waals surface area contributed by atoms with Crippen molar-refractivity contribution in [2.45, 2.75) is 0 Å². The molecule has 0 aliphatic carbocycles. The summed E-state index contributed by atoms with van der Waals surface area (Å²) in [5.41, 5.74) is 1.88. The Labute approximate surface area is 111 Å². The average molecular weight is 254 g/mol. The number of hydrogen-bond donors (Lipinski definition) is 0. The van der Waals surface area contributed by atoms with E-state index < -0.39 is 0 Å². The molecular formula is C16H14O3. The molecule has 0 unspecified atom stereocenters. The highest BCUT2D eigenvalue weighted by Crippen LogP contribution is 2.30. The predicted octanol–water partition coefficient (Wildman–Crippen LogP) is 4.12. The molecule has 0 radical (unpaired) electrons. The molecule has 0 saturated carbocycles. The van der Waals surface area contributed by atoms with Crippen molar-refractivity contribution in [1.29, 1.82) is 0 Å². The van der Waals surface area contributed by atoms with Gasteiger partial charge in [-0.05, 0) is 48.5 Å². The van der Waals surface area contributed by atoms with Crippen LogP contribution in [0.4, 0.5) is 0 Å². The van der Waals surface area contributed by atoms with Crippen LogP contribution in [0.15, 0.2) is 52.9 Å². The smallest absolute Gasteiger partial charge is 0.135 e. The van der Waals surface area contributed by atoms with Gasteiger partial charge in [-0.3, -0.25) is 0 Å². The fraction of sp³-hybridized carbons (Fsp3) is 0.125. The lowest BCUT2D eigenvalue weighted by Crippen LogP contribution is -1.81. The van der Waals surface area contributed by atoms with Crippen LogP contribution in [0.3, 0.4) is 0 Å². The highest BCUT2D eigenvalue weighted by Gasteiger charge is 2.07. The van der Waals surface area contributed by atoms with E-state index in [0.29, 0.717) is 0 Å². The third-order valence-corrected chi connectivity index (χ3v) is 3.10. The van der Waals surface area contributed by atoms with Gasteiger partial charge in [-0.15, -0.1) is 0 Å². The molecule has 0 aliphatic heterocycles. The van der Waals surface area contributed by atoms with Gasteiger partial charge in [-0.2, -0.15) is 0 Å². The molecule has 0 bridgehead atoms. The van der Waals surface area contributed by atoms with E-state index in [0.717, 1.165) is 33.8 Å². The second-order valence-corrected chi connectivity index (χ2v) is 4.24. The van der Waals surface area contributed by atoms with E-state index >= 15 is 0 Å². The van der Waals surface area contributed by atoms with Crippen LogP contribution in [-0.4, -0.2) is 14.2 Å². The van der Waals surface area contributed by atoms with Gasteiger partial charge in [0.25, 0.3) is 0 Å². The molecular weight excluding hydrogens is 240 g/mol. The van der Waals surface area contributed by atoms with E-state index in [-0.39, 0.29) is 0 Å². The van der Waals surface area contributed by atoms with Crippen molar-refractivity contribution in [3.8, 4) is 22.8 Å². The number of hydrogen-bond acceptors (Lipinski definition) is 3. The molecule has 2 aromatic carbocycles. The summed E-state index contributed by atoms with van der Waals surface area (Å²) in [6.45, 7) is 0. The lowest BCUT2D eigenvalue weighted by Gasteiger charge is -2.00. The van der Waals surface area contributed by atoms with Crippen molar-refractivity contribution in [1.82, 2.24) is 0 Å². The average Bonchev–Trinajstić information content (AvgIpc) is 2.90. The number of benzene rings is 2. The number of methoxy groups -OCH3 is 2. The van der Waals surface area contributed by atoms with Gasteiger partial charge < -0.3 is 13.9 Å². The molecule has 0 amide bonds. The van der Waals surface area contributed by atoms with Gasteiger partial charge in [-0.25, -0.2) is 0 Å². The molecule has 3 rings (SSSR count). The number of fused-ring (bicyclic) bond motifs is 1. The highest BCUT2D eigenvalue weighted by atomic mass is 16.5. The molecule has 96 valence electrons. The number of ether oxygens (including phenoxy) is 2. The fourth-order valence-electron chi connectivity index (χ4n) is 2.05. The Morgan fingerprint density at radius 1 is 0.789 bits per heavy atom. The van der Waals surface area contributed by atoms with Crippen LogP contribution in [0.2, 0.25) is 0 Å². The summed E-state index contributed by atoms with van der Waals surface area (Å²) in [6, 6.07) is 15.6. The molecule has 3 nitrogen and oxygen atoms in total. The molecule has 1 heterocycles. The third kappa shape index (κ3) is 2.15. The van der Waals surface area contributed by atoms with Crippen molar-refractivity contribution in [3.63, 3.8) is 0 Å². The zero-order valence-corrected chi connectivity index (χ0v) is 10.8. The van der Waals surface area contributed by atoms with Crippen molar-refractivity contribution in [2.24, 2.45) is 0 Å². The molecule has 0 spiro atoms. The van der Waals surface area contributed by atoms with Crippen LogP contribution in [0.5, 0.6) is 11.5 Å². The topological polar surface area (TPSA) is 31.6 Å². The molecule has 1 aromatic heterocycles. The highest BCUT2D eigenvalue weighted by molar-refractivity contribution is 5.84. The van der Waals surface area contributed by atoms with Crippen LogP contribution < -0.4 is 9.47 Å². The molecule has 0 N–H and O–H groups in total. The lowest BCUT2D eigenvalue weighted by atomic mass is 10.1. The minimum absolute atomic E-state index is 0.828. The Morgan fingerprint density at radius 3 is 2.16 bits per heavy atom. The van der Waals surface area contributed by atoms with E-state index in [9.17, 15) is 0 Å². The van der Waals surface area contributed by atoms with Crippen molar-refractivity contribution >= 4 is 11.0 Å². The third-order valence-electron chi connectivity index (χ3n) is 3.10. The zero-order valence-electron chi connectivity index (χ0n) is 10.8. The van der Waals surface area contributed by atoms with Crippen LogP contribution in [0, 0.1) is 0 Å². The first kappa shape index (κ1) is 11.7. The van der Waals surface area contributed by atoms with Crippen molar-refractivity contribution in [3.05, 3.63) is 48.5 Å². The Hall–Kier alpha value is -2.42. The Balaban J connectivity index is 2.04. The summed E-state index contributed by atoms with van der Waals surface area (Å²) in [5.74, 6) is 2.50. The maximum atomic E-state index is 5.83. The van der Waals surface area contributed by atoms with Gasteiger partial charge in [-0.1, -0.05) is 0 Å². The first-order valence-corrected chi connectivity index (χ1v) is 6.02. The fourth-order valence-corrected chi connectivity index (χ4v) is 2.05. The standard InChI is InChI=1S/C16H14O3/c1-17-13-5-3-11(4-6-13)16-10-12-9-14(18-2)7-8-15(12)19-16/h3-10H,1-2H3. The van der Waals surface area contributed by atoms with Crippen molar-refractivity contribution < 1.29 is 13.9 Å². The second kappa shape index (κ2) is 4.69. The van der Waals surface area contributed by atoms with Crippen LogP contribution in [0.1, 0.15) is 0 Å². The first-order valence-electron chi connectivity index (χ1n) is 6.02. The molecule has 3 aromatic rings. The van der Waals surface area contributed by atoms with Crippen LogP contribution >= 0.6 is 0 Å². The van der Waals surface area contributed by atoms with Gasteiger partial charge in [0.2, 0.25) is 0 Å². The Bertz CT molecular complexity index is 696. The summed E-state index contributed by atoms with van der Waals surface area (Å²) in [7, 11) is 3.31. The molecule has 3 heteroatoms. The van der Waals surface area contributed by atoms with Gasteiger partial charge in [0, 0.05) is 10.9 Å². The van der Waals surface area contributed by atoms with Gasteiger partial charge in [0.15, 0.2) is 0 Å². The SMILES string of the molecule is COc1ccc(-c2cc3cc(OC)ccc3o2)cc1. The lowest BCUT2D eigenvalue weighted by molar-refractivity contribution is 0.415. The summed E-state index contributed by atoms with van der Waals surface area (Å²) in [5, 5.41) is 1.03. The minimum Gasteiger partial charge on any atom is -0.497 e. The van der Waals surface area contributed by atoms with Gasteiger partial charge in [0.1, 0.15) is 22.8 Å². The van der Waals surface area contributed by atoms with Gasteiger partial charge >= 0.3 is 0 Å². The first-order chi connectivity index (χ1) is 9.30. The second-order valence-electron chi connectivity index (χ2n) is 4.24. The summed E-state index contributed by atoms with van der Waals surface area (Å²) < 4.78 is 16.2. The zero-order chi connectivity index (χ0) is 13.2. The Morgan fingerprint density at radius 2 is 1.47 bits per heavy atom. The molecule has 0 atom stereocenters. The van der Waals surface area contributed by atoms with Gasteiger partial charge in [0.05, 0.1) is 14.2 Å². The molecule has 0 saturated heterocycles. The van der Waals surface area contributed by atoms with Crippen molar-refractivity contribution in [2.75, 3.05) is 14.2 Å². The monoisotopic (exact) mass is 254 g/mol. The molecule has 0 aliphatic rings. The number of rotatable bonds is 3. The maximum absolute atomic E-state index is 5.83. The molecule has 0 fully saturated rings. The van der Waals surface area contributed by atoms with E-state index in [1.165, 1.54) is 0 Å². The summed E-state index contributed by atoms with van der Waals surface area (Å²) in [4.78, 5) is 0. The number of furan rings is 1. The van der Waals surface area contributed by atoms with Crippen LogP contribution in [0.25, 0.3) is 22.3 Å². The predicted molar refractivity (Wildman–Crippen MR) is 74.8 cm³/mol. The van der Waals surface area contributed by atoms with Crippen LogP contribution in [-0.2, 0) is 0 Å². The van der Waals surface area contributed by atoms with E-state index in [1.807, 2.05) is 48.5 Å². The summed E-state index contributed by atoms with van der Waals surface area (Å²) in [6.07, 6.45) is 0. The minimum atomic E-state index is 0.828. The quantitative estimate of drug-likeness (QED) is 0.704. The maximum Gasteiger partial charge on any atom is 0.135 e. The van der Waals surface area contributed by atoms with E-state index in [4.69, 9.17) is 13.9 Å². The molecule has 19 heavy (non-hydrogen) atoms. The summed E-state index contributed by atoms with van der Waals surface area (Å²) >= 11 is 0.